The van der Waals surface area contributed by atoms with Gasteiger partial charge in [-0.25, -0.2) is 0 Å². The van der Waals surface area contributed by atoms with Gasteiger partial charge in [-0.15, -0.1) is 0 Å². The van der Waals surface area contributed by atoms with E-state index in [0.717, 1.165) is 22.2 Å². The van der Waals surface area contributed by atoms with Crippen molar-refractivity contribution in [2.75, 3.05) is 21.2 Å². The Morgan fingerprint density at radius 3 is 2.57 bits per heavy atom. The van der Waals surface area contributed by atoms with Gasteiger partial charge in [0.15, 0.2) is 5.17 Å². The average molecular weight is 327 g/mol. The minimum absolute atomic E-state index is 0.0206. The number of benzene rings is 1. The lowest BCUT2D eigenvalue weighted by atomic mass is 10.3. The van der Waals surface area contributed by atoms with Crippen LogP contribution in [0.4, 0.5) is 0 Å². The molecular formula is C17H17N3O2S. The Labute approximate surface area is 139 Å². The predicted molar refractivity (Wildman–Crippen MR) is 94.0 cm³/mol. The summed E-state index contributed by atoms with van der Waals surface area (Å²) in [6, 6.07) is 9.79. The number of likely N-dealkylation sites (N-methyl/N-ethyl adjacent to an activating group) is 1. The van der Waals surface area contributed by atoms with Gasteiger partial charge in [0.1, 0.15) is 5.75 Å². The van der Waals surface area contributed by atoms with Crippen molar-refractivity contribution >= 4 is 28.9 Å². The quantitative estimate of drug-likeness (QED) is 0.814. The molecule has 1 aromatic carbocycles. The molecular weight excluding hydrogens is 310 g/mol. The van der Waals surface area contributed by atoms with E-state index in [1.807, 2.05) is 53.4 Å². The zero-order valence-corrected chi connectivity index (χ0v) is 14.0. The van der Waals surface area contributed by atoms with E-state index in [9.17, 15) is 4.79 Å². The molecule has 0 N–H and O–H groups in total. The first-order valence-corrected chi connectivity index (χ1v) is 7.91. The van der Waals surface area contributed by atoms with Crippen molar-refractivity contribution in [1.82, 2.24) is 9.47 Å². The number of methoxy groups -OCH3 is 1. The Morgan fingerprint density at radius 2 is 1.96 bits per heavy atom. The van der Waals surface area contributed by atoms with Gasteiger partial charge in [-0.1, -0.05) is 0 Å². The van der Waals surface area contributed by atoms with Crippen molar-refractivity contribution in [1.29, 1.82) is 0 Å². The van der Waals surface area contributed by atoms with E-state index in [1.165, 1.54) is 11.8 Å². The van der Waals surface area contributed by atoms with Crippen LogP contribution in [0.5, 0.6) is 5.75 Å². The molecule has 1 saturated heterocycles. The molecule has 1 aliphatic rings. The second kappa shape index (κ2) is 6.34. The third-order valence-electron chi connectivity index (χ3n) is 3.58. The minimum atomic E-state index is -0.0206. The fourth-order valence-corrected chi connectivity index (χ4v) is 3.24. The van der Waals surface area contributed by atoms with Gasteiger partial charge in [0.25, 0.3) is 5.91 Å². The molecule has 23 heavy (non-hydrogen) atoms. The van der Waals surface area contributed by atoms with Crippen LogP contribution in [0.2, 0.25) is 0 Å². The Balaban J connectivity index is 1.85. The van der Waals surface area contributed by atoms with E-state index in [2.05, 4.69) is 4.99 Å². The Hall–Kier alpha value is -2.47. The van der Waals surface area contributed by atoms with Gasteiger partial charge in [0.2, 0.25) is 0 Å². The van der Waals surface area contributed by atoms with E-state index >= 15 is 0 Å². The molecule has 5 nitrogen and oxygen atoms in total. The van der Waals surface area contributed by atoms with E-state index in [0.29, 0.717) is 4.91 Å². The van der Waals surface area contributed by atoms with Crippen LogP contribution in [0.25, 0.3) is 11.8 Å². The number of hydrogen-bond donors (Lipinski definition) is 0. The molecule has 6 heteroatoms. The molecule has 1 aromatic heterocycles. The largest absolute Gasteiger partial charge is 0.497 e. The summed E-state index contributed by atoms with van der Waals surface area (Å²) in [5, 5.41) is 0.718. The van der Waals surface area contributed by atoms with Crippen LogP contribution >= 0.6 is 11.8 Å². The highest BCUT2D eigenvalue weighted by Crippen LogP contribution is 2.31. The first-order chi connectivity index (χ1) is 11.1. The molecule has 3 rings (SSSR count). The van der Waals surface area contributed by atoms with Gasteiger partial charge >= 0.3 is 0 Å². The molecule has 0 saturated carbocycles. The zero-order chi connectivity index (χ0) is 16.4. The maximum Gasteiger partial charge on any atom is 0.266 e. The van der Waals surface area contributed by atoms with Crippen LogP contribution in [0.3, 0.4) is 0 Å². The fourth-order valence-electron chi connectivity index (χ4n) is 2.31. The van der Waals surface area contributed by atoms with E-state index < -0.39 is 0 Å². The second-order valence-corrected chi connectivity index (χ2v) is 6.04. The van der Waals surface area contributed by atoms with E-state index in [4.69, 9.17) is 4.74 Å². The number of ether oxygens (including phenoxy) is 1. The molecule has 0 bridgehead atoms. The maximum absolute atomic E-state index is 12.2. The van der Waals surface area contributed by atoms with Crippen LogP contribution in [-0.2, 0) is 4.79 Å². The Morgan fingerprint density at radius 1 is 1.22 bits per heavy atom. The smallest absolute Gasteiger partial charge is 0.266 e. The lowest BCUT2D eigenvalue weighted by Crippen LogP contribution is -2.23. The number of aliphatic imine (C=N–C) groups is 1. The summed E-state index contributed by atoms with van der Waals surface area (Å²) >= 11 is 1.39. The van der Waals surface area contributed by atoms with E-state index in [-0.39, 0.29) is 5.91 Å². The number of carbonyl (C=O) groups is 1. The fraction of sp³-hybridized carbons (Fsp3) is 0.176. The average Bonchev–Trinajstić information content (AvgIpc) is 3.15. The number of rotatable bonds is 3. The minimum Gasteiger partial charge on any atom is -0.497 e. The monoisotopic (exact) mass is 327 g/mol. The zero-order valence-electron chi connectivity index (χ0n) is 13.2. The van der Waals surface area contributed by atoms with Crippen molar-refractivity contribution in [2.24, 2.45) is 4.99 Å². The van der Waals surface area contributed by atoms with Crippen molar-refractivity contribution in [3.63, 3.8) is 0 Å². The number of carbonyl (C=O) groups excluding carboxylic acids is 1. The molecule has 2 heterocycles. The summed E-state index contributed by atoms with van der Waals surface area (Å²) < 4.78 is 7.17. The first-order valence-electron chi connectivity index (χ1n) is 7.09. The van der Waals surface area contributed by atoms with Crippen LogP contribution in [0.1, 0.15) is 5.56 Å². The van der Waals surface area contributed by atoms with Crippen molar-refractivity contribution in [2.45, 2.75) is 0 Å². The highest BCUT2D eigenvalue weighted by Gasteiger charge is 2.29. The third kappa shape index (κ3) is 3.03. The second-order valence-electron chi connectivity index (χ2n) is 5.03. The number of amidine groups is 1. The topological polar surface area (TPSA) is 46.8 Å². The standard InChI is InChI=1S/C17H17N3O2S/c1-18-17-19(2)16(21)15(23-17)10-12-8-9-20(11-12)13-4-6-14(22-3)7-5-13/h4-11H,1-3H3/b15-10+,18-17?. The Bertz CT molecular complexity index is 790. The maximum atomic E-state index is 12.2. The molecule has 1 fully saturated rings. The van der Waals surface area contributed by atoms with Crippen molar-refractivity contribution in [3.05, 3.63) is 53.2 Å². The van der Waals surface area contributed by atoms with Crippen LogP contribution in [0.15, 0.2) is 52.6 Å². The lowest BCUT2D eigenvalue weighted by molar-refractivity contribution is -0.121. The number of hydrogen-bond acceptors (Lipinski definition) is 4. The van der Waals surface area contributed by atoms with Gasteiger partial charge in [-0.3, -0.25) is 14.7 Å². The van der Waals surface area contributed by atoms with Crippen LogP contribution in [-0.4, -0.2) is 41.7 Å². The molecule has 1 aliphatic heterocycles. The highest BCUT2D eigenvalue weighted by molar-refractivity contribution is 8.18. The molecule has 0 atom stereocenters. The summed E-state index contributed by atoms with van der Waals surface area (Å²) in [6.07, 6.45) is 5.85. The Kier molecular flexibility index (Phi) is 4.25. The van der Waals surface area contributed by atoms with Gasteiger partial charge in [-0.2, -0.15) is 0 Å². The van der Waals surface area contributed by atoms with E-state index in [1.54, 1.807) is 26.1 Å². The van der Waals surface area contributed by atoms with Crippen LogP contribution < -0.4 is 4.74 Å². The molecule has 0 spiro atoms. The molecule has 2 aromatic rings. The summed E-state index contributed by atoms with van der Waals surface area (Å²) in [5.74, 6) is 0.804. The van der Waals surface area contributed by atoms with Gasteiger partial charge in [0.05, 0.1) is 12.0 Å². The van der Waals surface area contributed by atoms with Crippen LogP contribution in [0, 0.1) is 0 Å². The number of thioether (sulfide) groups is 1. The molecule has 0 unspecified atom stereocenters. The normalized spacial score (nSPS) is 18.2. The SMILES string of the molecule is CN=C1S/C(=C/c2ccn(-c3ccc(OC)cc3)c2)C(=O)N1C. The lowest BCUT2D eigenvalue weighted by Gasteiger charge is -2.05. The van der Waals surface area contributed by atoms with Gasteiger partial charge in [-0.05, 0) is 53.7 Å². The molecule has 0 radical (unpaired) electrons. The highest BCUT2D eigenvalue weighted by atomic mass is 32.2. The van der Waals surface area contributed by atoms with Crippen molar-refractivity contribution in [3.8, 4) is 11.4 Å². The van der Waals surface area contributed by atoms with Gasteiger partial charge in [0, 0.05) is 32.2 Å². The summed E-state index contributed by atoms with van der Waals surface area (Å²) in [5.41, 5.74) is 2.01. The predicted octanol–water partition coefficient (Wildman–Crippen LogP) is 3.02. The molecule has 1 amide bonds. The third-order valence-corrected chi connectivity index (χ3v) is 4.73. The molecule has 118 valence electrons. The first kappa shape index (κ1) is 15.4. The summed E-state index contributed by atoms with van der Waals surface area (Å²) in [6.45, 7) is 0. The number of amides is 1. The summed E-state index contributed by atoms with van der Waals surface area (Å²) in [4.78, 5) is 18.5. The molecule has 0 aliphatic carbocycles. The van der Waals surface area contributed by atoms with Gasteiger partial charge < -0.3 is 9.30 Å². The number of nitrogens with zero attached hydrogens (tertiary/aromatic N) is 3. The summed E-state index contributed by atoms with van der Waals surface area (Å²) in [7, 11) is 5.08. The number of aromatic nitrogens is 1. The van der Waals surface area contributed by atoms with Crippen molar-refractivity contribution < 1.29 is 9.53 Å².